The van der Waals surface area contributed by atoms with Crippen LogP contribution in [0.5, 0.6) is 0 Å². The van der Waals surface area contributed by atoms with Crippen LogP contribution in [0.1, 0.15) is 38.5 Å². The third-order valence-electron chi connectivity index (χ3n) is 3.58. The first kappa shape index (κ1) is 16.4. The van der Waals surface area contributed by atoms with Crippen molar-refractivity contribution in [2.24, 2.45) is 11.8 Å². The summed E-state index contributed by atoms with van der Waals surface area (Å²) in [7, 11) is -8.21. The van der Waals surface area contributed by atoms with E-state index in [1.165, 1.54) is 0 Å². The van der Waals surface area contributed by atoms with Crippen molar-refractivity contribution in [1.29, 1.82) is 0 Å². The molecule has 8 heteroatoms. The van der Waals surface area contributed by atoms with Crippen molar-refractivity contribution >= 4 is 15.2 Å². The first-order valence-electron chi connectivity index (χ1n) is 6.26. The van der Waals surface area contributed by atoms with Gasteiger partial charge in [-0.3, -0.25) is 9.13 Å². The van der Waals surface area contributed by atoms with Gasteiger partial charge < -0.3 is 19.6 Å². The molecule has 0 amide bonds. The van der Waals surface area contributed by atoms with Gasteiger partial charge in [0, 0.05) is 0 Å². The lowest BCUT2D eigenvalue weighted by molar-refractivity contribution is 0.245. The lowest BCUT2D eigenvalue weighted by Crippen LogP contribution is -2.22. The summed E-state index contributed by atoms with van der Waals surface area (Å²) < 4.78 is 22.0. The Morgan fingerprint density at radius 2 is 1.50 bits per heavy atom. The smallest absolute Gasteiger partial charge is 0.324 e. The Morgan fingerprint density at radius 1 is 0.944 bits per heavy atom. The van der Waals surface area contributed by atoms with Crippen LogP contribution in [0.3, 0.4) is 0 Å². The molecule has 1 aliphatic carbocycles. The maximum absolute atomic E-state index is 11.1. The van der Waals surface area contributed by atoms with Crippen molar-refractivity contribution in [1.82, 2.24) is 0 Å². The Kier molecular flexibility index (Phi) is 6.04. The predicted octanol–water partition coefficient (Wildman–Crippen LogP) is 1.93. The van der Waals surface area contributed by atoms with E-state index in [1.54, 1.807) is 0 Å². The van der Waals surface area contributed by atoms with Gasteiger partial charge in [-0.15, -0.1) is 0 Å². The van der Waals surface area contributed by atoms with Crippen LogP contribution in [-0.4, -0.2) is 31.9 Å². The minimum Gasteiger partial charge on any atom is -0.324 e. The molecule has 0 bridgehead atoms. The molecular formula is C10H22O6P2. The van der Waals surface area contributed by atoms with Gasteiger partial charge in [-0.1, -0.05) is 32.1 Å². The van der Waals surface area contributed by atoms with Crippen molar-refractivity contribution in [3.63, 3.8) is 0 Å². The van der Waals surface area contributed by atoms with Crippen LogP contribution in [0.25, 0.3) is 0 Å². The fraction of sp³-hybridized carbons (Fsp3) is 1.00. The van der Waals surface area contributed by atoms with Crippen LogP contribution in [0, 0.1) is 11.8 Å². The molecule has 1 aliphatic rings. The van der Waals surface area contributed by atoms with Gasteiger partial charge >= 0.3 is 15.2 Å². The second-order valence-electron chi connectivity index (χ2n) is 5.18. The first-order valence-corrected chi connectivity index (χ1v) is 9.86. The summed E-state index contributed by atoms with van der Waals surface area (Å²) in [5, 5.41) is 0. The van der Waals surface area contributed by atoms with Gasteiger partial charge in [-0.25, -0.2) is 0 Å². The minimum absolute atomic E-state index is 0.193. The van der Waals surface area contributed by atoms with E-state index in [-0.39, 0.29) is 30.6 Å². The lowest BCUT2D eigenvalue weighted by Gasteiger charge is -2.30. The zero-order chi connectivity index (χ0) is 13.8. The van der Waals surface area contributed by atoms with Crippen molar-refractivity contribution in [2.75, 3.05) is 12.3 Å². The van der Waals surface area contributed by atoms with Crippen LogP contribution in [0.2, 0.25) is 0 Å². The highest BCUT2D eigenvalue weighted by molar-refractivity contribution is 7.52. The lowest BCUT2D eigenvalue weighted by atomic mass is 9.80. The molecule has 0 spiro atoms. The van der Waals surface area contributed by atoms with Crippen LogP contribution in [0.15, 0.2) is 0 Å². The third-order valence-corrected chi connectivity index (χ3v) is 5.37. The molecule has 1 unspecified atom stereocenters. The monoisotopic (exact) mass is 300 g/mol. The fourth-order valence-electron chi connectivity index (χ4n) is 2.72. The second kappa shape index (κ2) is 6.65. The van der Waals surface area contributed by atoms with Crippen molar-refractivity contribution < 1.29 is 28.7 Å². The van der Waals surface area contributed by atoms with Crippen molar-refractivity contribution in [2.45, 2.75) is 38.5 Å². The van der Waals surface area contributed by atoms with Crippen LogP contribution in [0.4, 0.5) is 0 Å². The van der Waals surface area contributed by atoms with Gasteiger partial charge in [0.25, 0.3) is 0 Å². The highest BCUT2D eigenvalue weighted by Crippen LogP contribution is 2.45. The first-order chi connectivity index (χ1) is 8.17. The maximum Gasteiger partial charge on any atom is 0.325 e. The molecule has 18 heavy (non-hydrogen) atoms. The summed E-state index contributed by atoms with van der Waals surface area (Å²) in [4.78, 5) is 35.9. The standard InChI is InChI=1S/C10H22O6P2/c11-17(12,13)7-6-10(8-18(14,15)16)9-4-2-1-3-5-9/h9-10H,1-8H2,(H2,11,12,13)(H2,14,15,16). The summed E-state index contributed by atoms with van der Waals surface area (Å²) in [5.41, 5.74) is 0. The Labute approximate surface area is 107 Å². The molecule has 1 atom stereocenters. The molecule has 1 fully saturated rings. The number of rotatable bonds is 6. The Balaban J connectivity index is 2.61. The van der Waals surface area contributed by atoms with Gasteiger partial charge in [0.1, 0.15) is 0 Å². The summed E-state index contributed by atoms with van der Waals surface area (Å²) in [6.45, 7) is 0. The Hall–Kier alpha value is 0.300. The van der Waals surface area contributed by atoms with Crippen LogP contribution >= 0.6 is 15.2 Å². The van der Waals surface area contributed by atoms with Crippen molar-refractivity contribution in [3.05, 3.63) is 0 Å². The Morgan fingerprint density at radius 3 is 1.94 bits per heavy atom. The van der Waals surface area contributed by atoms with Crippen LogP contribution < -0.4 is 0 Å². The highest BCUT2D eigenvalue weighted by Gasteiger charge is 2.31. The van der Waals surface area contributed by atoms with Gasteiger partial charge in [-0.05, 0) is 18.3 Å². The quantitative estimate of drug-likeness (QED) is 0.557. The molecule has 6 nitrogen and oxygen atoms in total. The largest absolute Gasteiger partial charge is 0.325 e. The molecule has 0 aliphatic heterocycles. The number of hydrogen-bond donors (Lipinski definition) is 4. The van der Waals surface area contributed by atoms with E-state index in [9.17, 15) is 9.13 Å². The van der Waals surface area contributed by atoms with Gasteiger partial charge in [0.05, 0.1) is 12.3 Å². The number of hydrogen-bond acceptors (Lipinski definition) is 2. The molecular weight excluding hydrogens is 278 g/mol. The molecule has 108 valence electrons. The molecule has 4 N–H and O–H groups in total. The maximum atomic E-state index is 11.1. The second-order valence-corrected chi connectivity index (χ2v) is 8.65. The van der Waals surface area contributed by atoms with Gasteiger partial charge in [0.15, 0.2) is 0 Å². The average molecular weight is 300 g/mol. The van der Waals surface area contributed by atoms with E-state index in [4.69, 9.17) is 19.6 Å². The SMILES string of the molecule is O=P(O)(O)CCC(CP(=O)(O)O)C1CCCCC1. The topological polar surface area (TPSA) is 115 Å². The molecule has 1 rings (SSSR count). The molecule has 0 aromatic rings. The molecule has 0 saturated heterocycles. The minimum atomic E-state index is -4.12. The van der Waals surface area contributed by atoms with Gasteiger partial charge in [0.2, 0.25) is 0 Å². The zero-order valence-electron chi connectivity index (χ0n) is 10.3. The highest BCUT2D eigenvalue weighted by atomic mass is 31.2. The molecule has 0 heterocycles. The van der Waals surface area contributed by atoms with E-state index in [0.29, 0.717) is 0 Å². The third kappa shape index (κ3) is 7.03. The van der Waals surface area contributed by atoms with E-state index in [0.717, 1.165) is 32.1 Å². The van der Waals surface area contributed by atoms with E-state index >= 15 is 0 Å². The summed E-state index contributed by atoms with van der Waals surface area (Å²) >= 11 is 0. The zero-order valence-corrected chi connectivity index (χ0v) is 12.1. The average Bonchev–Trinajstić information content (AvgIpc) is 2.23. The normalized spacial score (nSPS) is 20.9. The summed E-state index contributed by atoms with van der Waals surface area (Å²) in [6.07, 6.45) is 4.69. The molecule has 1 saturated carbocycles. The predicted molar refractivity (Wildman–Crippen MR) is 68.5 cm³/mol. The van der Waals surface area contributed by atoms with Crippen molar-refractivity contribution in [3.8, 4) is 0 Å². The van der Waals surface area contributed by atoms with E-state index in [2.05, 4.69) is 0 Å². The Bertz CT molecular complexity index is 340. The van der Waals surface area contributed by atoms with E-state index in [1.807, 2.05) is 0 Å². The molecule has 0 aromatic carbocycles. The fourth-order valence-corrected chi connectivity index (χ4v) is 4.48. The summed E-state index contributed by atoms with van der Waals surface area (Å²) in [5.74, 6) is -0.0864. The molecule has 0 aromatic heterocycles. The molecule has 0 radical (unpaired) electrons. The van der Waals surface area contributed by atoms with Crippen LogP contribution in [-0.2, 0) is 9.13 Å². The van der Waals surface area contributed by atoms with E-state index < -0.39 is 15.2 Å². The van der Waals surface area contributed by atoms with Gasteiger partial charge in [-0.2, -0.15) is 0 Å². The summed E-state index contributed by atoms with van der Waals surface area (Å²) in [6, 6.07) is 0.